The summed E-state index contributed by atoms with van der Waals surface area (Å²) in [7, 11) is 0. The molecule has 3 heterocycles. The maximum Gasteiger partial charge on any atom is 0.269 e. The van der Waals surface area contributed by atoms with Crippen LogP contribution in [0.4, 0.5) is 5.69 Å². The fourth-order valence-corrected chi connectivity index (χ4v) is 2.96. The molecule has 1 fully saturated rings. The Morgan fingerprint density at radius 1 is 1.16 bits per heavy atom. The molecule has 0 bridgehead atoms. The number of anilines is 1. The number of aromatic nitrogens is 4. The van der Waals surface area contributed by atoms with E-state index in [0.717, 1.165) is 42.7 Å². The molecule has 0 aliphatic carbocycles. The normalized spacial score (nSPS) is 14.2. The molecule has 0 unspecified atom stereocenters. The minimum absolute atomic E-state index is 0.161. The molecule has 1 aromatic carbocycles. The summed E-state index contributed by atoms with van der Waals surface area (Å²) in [6.45, 7) is 4.17. The molecular weight excluding hydrogens is 318 g/mol. The van der Waals surface area contributed by atoms with Gasteiger partial charge in [0.1, 0.15) is 6.54 Å². The molecule has 7 nitrogen and oxygen atoms in total. The highest BCUT2D eigenvalue weighted by molar-refractivity contribution is 5.53. The Morgan fingerprint density at radius 2 is 1.92 bits per heavy atom. The first-order valence-corrected chi connectivity index (χ1v) is 8.41. The molecule has 4 rings (SSSR count). The number of benzene rings is 1. The highest BCUT2D eigenvalue weighted by atomic mass is 16.5. The molecule has 0 atom stereocenters. The number of aryl methyl sites for hydroxylation is 1. The Morgan fingerprint density at radius 3 is 2.64 bits per heavy atom. The Labute approximate surface area is 144 Å². The quantitative estimate of drug-likeness (QED) is 0.727. The predicted molar refractivity (Wildman–Crippen MR) is 93.5 cm³/mol. The Kier molecular flexibility index (Phi) is 4.05. The van der Waals surface area contributed by atoms with Gasteiger partial charge in [0, 0.05) is 24.7 Å². The number of hydrogen-bond donors (Lipinski definition) is 0. The maximum atomic E-state index is 12.3. The summed E-state index contributed by atoms with van der Waals surface area (Å²) in [5, 5.41) is 8.21. The molecule has 7 heteroatoms. The van der Waals surface area contributed by atoms with Crippen LogP contribution in [0.25, 0.3) is 11.5 Å². The van der Waals surface area contributed by atoms with Crippen molar-refractivity contribution in [3.05, 3.63) is 58.3 Å². The van der Waals surface area contributed by atoms with Crippen molar-refractivity contribution in [3.63, 3.8) is 0 Å². The van der Waals surface area contributed by atoms with Crippen molar-refractivity contribution < 1.29 is 4.52 Å². The third kappa shape index (κ3) is 3.31. The zero-order chi connectivity index (χ0) is 17.2. The monoisotopic (exact) mass is 337 g/mol. The third-order valence-electron chi connectivity index (χ3n) is 4.38. The van der Waals surface area contributed by atoms with E-state index in [0.29, 0.717) is 11.7 Å². The van der Waals surface area contributed by atoms with Crippen LogP contribution in [0.15, 0.2) is 45.8 Å². The van der Waals surface area contributed by atoms with Gasteiger partial charge in [0.05, 0.1) is 11.9 Å². The smallest absolute Gasteiger partial charge is 0.269 e. The number of rotatable bonds is 4. The Balaban J connectivity index is 1.52. The molecule has 0 saturated carbocycles. The fourth-order valence-electron chi connectivity index (χ4n) is 2.96. The van der Waals surface area contributed by atoms with Gasteiger partial charge in [-0.2, -0.15) is 10.1 Å². The topological polar surface area (TPSA) is 77.1 Å². The standard InChI is InChI=1S/C18H19N5O2/c1-13-4-6-14(7-5-13)18-20-16(21-25-18)12-23-17(24)10-15(11-19-23)22-8-2-3-9-22/h4-7,10-11H,2-3,8-9,12H2,1H3. The van der Waals surface area contributed by atoms with Gasteiger partial charge in [-0.1, -0.05) is 22.9 Å². The SMILES string of the molecule is Cc1ccc(-c2nc(Cn3ncc(N4CCCC4)cc3=O)no2)cc1. The van der Waals surface area contributed by atoms with Crippen LogP contribution in [0, 0.1) is 6.92 Å². The lowest BCUT2D eigenvalue weighted by molar-refractivity contribution is 0.417. The Bertz CT molecular complexity index is 923. The van der Waals surface area contributed by atoms with Crippen molar-refractivity contribution in [3.8, 4) is 11.5 Å². The summed E-state index contributed by atoms with van der Waals surface area (Å²) in [6, 6.07) is 9.47. The van der Waals surface area contributed by atoms with Crippen LogP contribution >= 0.6 is 0 Å². The Hall–Kier alpha value is -2.96. The minimum atomic E-state index is -0.161. The summed E-state index contributed by atoms with van der Waals surface area (Å²) < 4.78 is 6.65. The summed E-state index contributed by atoms with van der Waals surface area (Å²) >= 11 is 0. The number of nitrogens with zero attached hydrogens (tertiary/aromatic N) is 5. The van der Waals surface area contributed by atoms with Crippen molar-refractivity contribution in [2.45, 2.75) is 26.3 Å². The summed E-state index contributed by atoms with van der Waals surface area (Å²) in [5.74, 6) is 0.871. The van der Waals surface area contributed by atoms with E-state index in [4.69, 9.17) is 4.52 Å². The van der Waals surface area contributed by atoms with E-state index < -0.39 is 0 Å². The van der Waals surface area contributed by atoms with Crippen LogP contribution in [-0.4, -0.2) is 33.0 Å². The fraction of sp³-hybridized carbons (Fsp3) is 0.333. The van der Waals surface area contributed by atoms with Gasteiger partial charge in [-0.3, -0.25) is 4.79 Å². The zero-order valence-electron chi connectivity index (χ0n) is 14.1. The van der Waals surface area contributed by atoms with Gasteiger partial charge in [0.2, 0.25) is 0 Å². The van der Waals surface area contributed by atoms with Crippen LogP contribution < -0.4 is 10.5 Å². The van der Waals surface area contributed by atoms with Crippen molar-refractivity contribution in [1.29, 1.82) is 0 Å². The van der Waals surface area contributed by atoms with Crippen molar-refractivity contribution >= 4 is 5.69 Å². The van der Waals surface area contributed by atoms with Gasteiger partial charge < -0.3 is 9.42 Å². The molecule has 1 aliphatic rings. The lowest BCUT2D eigenvalue weighted by atomic mass is 10.1. The van der Waals surface area contributed by atoms with E-state index in [1.54, 1.807) is 12.3 Å². The van der Waals surface area contributed by atoms with Gasteiger partial charge in [-0.25, -0.2) is 4.68 Å². The maximum absolute atomic E-state index is 12.3. The van der Waals surface area contributed by atoms with Crippen LogP contribution in [0.2, 0.25) is 0 Å². The first-order chi connectivity index (χ1) is 12.2. The summed E-state index contributed by atoms with van der Waals surface area (Å²) in [4.78, 5) is 18.8. The van der Waals surface area contributed by atoms with E-state index in [1.165, 1.54) is 4.68 Å². The van der Waals surface area contributed by atoms with Gasteiger partial charge in [-0.15, -0.1) is 0 Å². The average Bonchev–Trinajstić information content (AvgIpc) is 3.29. The summed E-state index contributed by atoms with van der Waals surface area (Å²) in [6.07, 6.45) is 4.05. The highest BCUT2D eigenvalue weighted by Crippen LogP contribution is 2.18. The molecule has 0 amide bonds. The van der Waals surface area contributed by atoms with Crippen LogP contribution in [0.5, 0.6) is 0 Å². The highest BCUT2D eigenvalue weighted by Gasteiger charge is 2.15. The predicted octanol–water partition coefficient (Wildman–Crippen LogP) is 2.25. The van der Waals surface area contributed by atoms with Crippen molar-refractivity contribution in [1.82, 2.24) is 19.9 Å². The first-order valence-electron chi connectivity index (χ1n) is 8.41. The molecule has 0 N–H and O–H groups in total. The van der Waals surface area contributed by atoms with Crippen molar-refractivity contribution in [2.75, 3.05) is 18.0 Å². The van der Waals surface area contributed by atoms with E-state index in [1.807, 2.05) is 31.2 Å². The first kappa shape index (κ1) is 15.6. The lowest BCUT2D eigenvalue weighted by Crippen LogP contribution is -2.26. The average molecular weight is 337 g/mol. The largest absolute Gasteiger partial charge is 0.370 e. The van der Waals surface area contributed by atoms with E-state index in [9.17, 15) is 4.79 Å². The molecule has 2 aromatic heterocycles. The molecule has 0 spiro atoms. The third-order valence-corrected chi connectivity index (χ3v) is 4.38. The second-order valence-corrected chi connectivity index (χ2v) is 6.29. The molecular formula is C18H19N5O2. The second-order valence-electron chi connectivity index (χ2n) is 6.29. The van der Waals surface area contributed by atoms with Crippen molar-refractivity contribution in [2.24, 2.45) is 0 Å². The van der Waals surface area contributed by atoms with E-state index >= 15 is 0 Å². The zero-order valence-corrected chi connectivity index (χ0v) is 14.1. The van der Waals surface area contributed by atoms with E-state index in [-0.39, 0.29) is 12.1 Å². The molecule has 0 radical (unpaired) electrons. The lowest BCUT2D eigenvalue weighted by Gasteiger charge is -2.16. The van der Waals surface area contributed by atoms with Crippen LogP contribution in [-0.2, 0) is 6.54 Å². The molecule has 1 aliphatic heterocycles. The number of hydrogen-bond acceptors (Lipinski definition) is 6. The molecule has 3 aromatic rings. The van der Waals surface area contributed by atoms with Gasteiger partial charge in [0.25, 0.3) is 11.4 Å². The van der Waals surface area contributed by atoms with Crippen LogP contribution in [0.3, 0.4) is 0 Å². The van der Waals surface area contributed by atoms with Gasteiger partial charge >= 0.3 is 0 Å². The second kappa shape index (κ2) is 6.51. The van der Waals surface area contributed by atoms with E-state index in [2.05, 4.69) is 20.1 Å². The minimum Gasteiger partial charge on any atom is -0.370 e. The van der Waals surface area contributed by atoms with Crippen LogP contribution in [0.1, 0.15) is 24.2 Å². The van der Waals surface area contributed by atoms with Gasteiger partial charge in [-0.05, 0) is 31.9 Å². The summed E-state index contributed by atoms with van der Waals surface area (Å²) in [5.41, 5.74) is 2.74. The molecule has 1 saturated heterocycles. The molecule has 25 heavy (non-hydrogen) atoms. The van der Waals surface area contributed by atoms with Gasteiger partial charge in [0.15, 0.2) is 5.82 Å². The molecule has 128 valence electrons.